The van der Waals surface area contributed by atoms with Crippen LogP contribution in [0, 0.1) is 5.82 Å². The predicted molar refractivity (Wildman–Crippen MR) is 67.6 cm³/mol. The molecule has 0 spiro atoms. The Bertz CT molecular complexity index is 433. The maximum atomic E-state index is 13.3. The fourth-order valence-corrected chi connectivity index (χ4v) is 1.39. The molecule has 0 radical (unpaired) electrons. The van der Waals surface area contributed by atoms with Crippen LogP contribution in [-0.2, 0) is 11.3 Å². The Morgan fingerprint density at radius 1 is 1.44 bits per heavy atom. The summed E-state index contributed by atoms with van der Waals surface area (Å²) < 4.78 is 18.3. The molecule has 0 aliphatic rings. The number of carbonyl (C=O) groups excluding carboxylic acids is 1. The molecule has 0 aliphatic heterocycles. The molecule has 0 aromatic heterocycles. The second-order valence-electron chi connectivity index (χ2n) is 4.72. The van der Waals surface area contributed by atoms with Crippen LogP contribution in [0.5, 0.6) is 0 Å². The van der Waals surface area contributed by atoms with Gasteiger partial charge in [-0.1, -0.05) is 11.6 Å². The van der Waals surface area contributed by atoms with Gasteiger partial charge in [0.1, 0.15) is 11.4 Å². The van der Waals surface area contributed by atoms with Crippen molar-refractivity contribution in [3.05, 3.63) is 34.6 Å². The van der Waals surface area contributed by atoms with Gasteiger partial charge in [-0.15, -0.1) is 0 Å². The first kappa shape index (κ1) is 14.7. The third kappa shape index (κ3) is 5.33. The van der Waals surface area contributed by atoms with Crippen LogP contribution in [0.4, 0.5) is 9.18 Å². The molecule has 1 aromatic carbocycles. The maximum absolute atomic E-state index is 13.3. The molecule has 4 nitrogen and oxygen atoms in total. The van der Waals surface area contributed by atoms with E-state index in [0.717, 1.165) is 0 Å². The monoisotopic (exact) mass is 274 g/mol. The molecule has 2 N–H and O–H groups in total. The number of rotatable bonds is 3. The van der Waals surface area contributed by atoms with E-state index in [1.54, 1.807) is 20.8 Å². The quantitative estimate of drug-likeness (QED) is 0.833. The van der Waals surface area contributed by atoms with Gasteiger partial charge in [0.2, 0.25) is 0 Å². The molecule has 0 fully saturated rings. The normalized spacial score (nSPS) is 11.2. The van der Waals surface area contributed by atoms with E-state index in [9.17, 15) is 9.18 Å². The SMILES string of the molecule is CC(C)(C)OC(=O)NNCc1cc(Cl)ccc1F. The van der Waals surface area contributed by atoms with Crippen LogP contribution in [0.15, 0.2) is 18.2 Å². The Balaban J connectivity index is 2.42. The molecule has 0 saturated heterocycles. The van der Waals surface area contributed by atoms with Gasteiger partial charge in [-0.25, -0.2) is 14.6 Å². The summed E-state index contributed by atoms with van der Waals surface area (Å²) in [6.45, 7) is 5.38. The lowest BCUT2D eigenvalue weighted by Gasteiger charge is -2.19. The fourth-order valence-electron chi connectivity index (χ4n) is 1.19. The molecule has 6 heteroatoms. The van der Waals surface area contributed by atoms with Crippen molar-refractivity contribution in [2.45, 2.75) is 32.9 Å². The highest BCUT2D eigenvalue weighted by Crippen LogP contribution is 2.14. The van der Waals surface area contributed by atoms with Crippen molar-refractivity contribution >= 4 is 17.7 Å². The molecule has 0 aliphatic carbocycles. The highest BCUT2D eigenvalue weighted by molar-refractivity contribution is 6.30. The number of benzene rings is 1. The lowest BCUT2D eigenvalue weighted by molar-refractivity contribution is 0.0496. The summed E-state index contributed by atoms with van der Waals surface area (Å²) in [5.74, 6) is -0.391. The lowest BCUT2D eigenvalue weighted by Crippen LogP contribution is -2.40. The first-order chi connectivity index (χ1) is 8.28. The lowest BCUT2D eigenvalue weighted by atomic mass is 10.2. The number of carbonyl (C=O) groups is 1. The second kappa shape index (κ2) is 6.02. The fraction of sp³-hybridized carbons (Fsp3) is 0.417. The number of hydrogen-bond donors (Lipinski definition) is 2. The molecule has 0 heterocycles. The molecular weight excluding hydrogens is 259 g/mol. The van der Waals surface area contributed by atoms with E-state index in [4.69, 9.17) is 16.3 Å². The van der Waals surface area contributed by atoms with Gasteiger partial charge >= 0.3 is 6.09 Å². The molecule has 18 heavy (non-hydrogen) atoms. The van der Waals surface area contributed by atoms with Gasteiger partial charge in [0, 0.05) is 17.1 Å². The molecule has 0 saturated carbocycles. The largest absolute Gasteiger partial charge is 0.443 e. The number of hydrazine groups is 1. The van der Waals surface area contributed by atoms with Crippen molar-refractivity contribution in [3.63, 3.8) is 0 Å². The van der Waals surface area contributed by atoms with Crippen LogP contribution in [0.25, 0.3) is 0 Å². The van der Waals surface area contributed by atoms with E-state index in [2.05, 4.69) is 10.9 Å². The van der Waals surface area contributed by atoms with Crippen LogP contribution in [0.1, 0.15) is 26.3 Å². The zero-order valence-electron chi connectivity index (χ0n) is 10.5. The Labute approximate surface area is 110 Å². The molecule has 1 amide bonds. The third-order valence-electron chi connectivity index (χ3n) is 1.88. The highest BCUT2D eigenvalue weighted by atomic mass is 35.5. The Morgan fingerprint density at radius 3 is 2.72 bits per heavy atom. The summed E-state index contributed by atoms with van der Waals surface area (Å²) in [4.78, 5) is 11.3. The van der Waals surface area contributed by atoms with Crippen molar-refractivity contribution in [1.82, 2.24) is 10.9 Å². The first-order valence-corrected chi connectivity index (χ1v) is 5.81. The number of hydrogen-bond acceptors (Lipinski definition) is 3. The first-order valence-electron chi connectivity index (χ1n) is 5.44. The summed E-state index contributed by atoms with van der Waals surface area (Å²) in [6, 6.07) is 4.22. The molecule has 1 aromatic rings. The molecule has 0 atom stereocenters. The van der Waals surface area contributed by atoms with E-state index in [-0.39, 0.29) is 6.54 Å². The smallest absolute Gasteiger partial charge is 0.422 e. The highest BCUT2D eigenvalue weighted by Gasteiger charge is 2.15. The van der Waals surface area contributed by atoms with Crippen LogP contribution >= 0.6 is 11.6 Å². The summed E-state index contributed by atoms with van der Waals surface area (Å²) in [7, 11) is 0. The second-order valence-corrected chi connectivity index (χ2v) is 5.15. The van der Waals surface area contributed by atoms with E-state index < -0.39 is 17.5 Å². The van der Waals surface area contributed by atoms with Gasteiger partial charge in [0.25, 0.3) is 0 Å². The maximum Gasteiger partial charge on any atom is 0.422 e. The molecule has 1 rings (SSSR count). The zero-order valence-corrected chi connectivity index (χ0v) is 11.3. The van der Waals surface area contributed by atoms with Crippen molar-refractivity contribution in [2.24, 2.45) is 0 Å². The summed E-state index contributed by atoms with van der Waals surface area (Å²) in [6.07, 6.45) is -0.620. The van der Waals surface area contributed by atoms with Crippen LogP contribution in [0.3, 0.4) is 0 Å². The van der Waals surface area contributed by atoms with Gasteiger partial charge < -0.3 is 4.74 Å². The predicted octanol–water partition coefficient (Wildman–Crippen LogP) is 3.01. The average Bonchev–Trinajstić information content (AvgIpc) is 2.20. The van der Waals surface area contributed by atoms with E-state index in [0.29, 0.717) is 10.6 Å². The van der Waals surface area contributed by atoms with Crippen LogP contribution in [-0.4, -0.2) is 11.7 Å². The van der Waals surface area contributed by atoms with Crippen molar-refractivity contribution in [3.8, 4) is 0 Å². The minimum atomic E-state index is -0.620. The van der Waals surface area contributed by atoms with Gasteiger partial charge in [0.15, 0.2) is 0 Å². The van der Waals surface area contributed by atoms with Crippen LogP contribution in [0.2, 0.25) is 5.02 Å². The van der Waals surface area contributed by atoms with E-state index in [1.807, 2.05) is 0 Å². The molecule has 100 valence electrons. The zero-order chi connectivity index (χ0) is 13.8. The van der Waals surface area contributed by atoms with E-state index in [1.165, 1.54) is 18.2 Å². The minimum Gasteiger partial charge on any atom is -0.443 e. The van der Waals surface area contributed by atoms with Gasteiger partial charge in [-0.05, 0) is 39.0 Å². The van der Waals surface area contributed by atoms with Crippen molar-refractivity contribution in [2.75, 3.05) is 0 Å². The Morgan fingerprint density at radius 2 is 2.11 bits per heavy atom. The molecule has 0 unspecified atom stereocenters. The standard InChI is InChI=1S/C12H16ClFN2O2/c1-12(2,3)18-11(17)16-15-7-8-6-9(13)4-5-10(8)14/h4-6,15H,7H2,1-3H3,(H,16,17). The van der Waals surface area contributed by atoms with Crippen LogP contribution < -0.4 is 10.9 Å². The number of halogens is 2. The summed E-state index contributed by atoms with van der Waals surface area (Å²) in [5, 5.41) is 0.436. The van der Waals surface area contributed by atoms with Gasteiger partial charge in [-0.3, -0.25) is 5.43 Å². The van der Waals surface area contributed by atoms with Crippen molar-refractivity contribution in [1.29, 1.82) is 0 Å². The Kier molecular flexibility index (Phi) is 4.93. The van der Waals surface area contributed by atoms with E-state index >= 15 is 0 Å². The topological polar surface area (TPSA) is 50.4 Å². The molecular formula is C12H16ClFN2O2. The van der Waals surface area contributed by atoms with Gasteiger partial charge in [-0.2, -0.15) is 0 Å². The van der Waals surface area contributed by atoms with Gasteiger partial charge in [0.05, 0.1) is 0 Å². The third-order valence-corrected chi connectivity index (χ3v) is 2.11. The number of amides is 1. The summed E-state index contributed by atoms with van der Waals surface area (Å²) >= 11 is 5.74. The number of nitrogens with one attached hydrogen (secondary N) is 2. The average molecular weight is 275 g/mol. The molecule has 0 bridgehead atoms. The number of ether oxygens (including phenoxy) is 1. The van der Waals surface area contributed by atoms with Crippen molar-refractivity contribution < 1.29 is 13.9 Å². The Hall–Kier alpha value is -1.33. The summed E-state index contributed by atoms with van der Waals surface area (Å²) in [5.41, 5.74) is 4.67. The minimum absolute atomic E-state index is 0.117.